The zero-order valence-corrected chi connectivity index (χ0v) is 21.8. The van der Waals surface area contributed by atoms with E-state index in [-0.39, 0.29) is 32.5 Å². The summed E-state index contributed by atoms with van der Waals surface area (Å²) in [6, 6.07) is 13.4. The predicted octanol–water partition coefficient (Wildman–Crippen LogP) is 5.32. The number of ketones is 1. The van der Waals surface area contributed by atoms with Crippen LogP contribution in [0, 0.1) is 0 Å². The van der Waals surface area contributed by atoms with E-state index in [1.54, 1.807) is 69.3 Å². The van der Waals surface area contributed by atoms with E-state index < -0.39 is 21.6 Å². The van der Waals surface area contributed by atoms with Crippen molar-refractivity contribution in [3.8, 4) is 0 Å². The van der Waals surface area contributed by atoms with E-state index in [9.17, 15) is 18.0 Å². The third kappa shape index (κ3) is 6.24. The van der Waals surface area contributed by atoms with Crippen molar-refractivity contribution in [3.05, 3.63) is 76.2 Å². The van der Waals surface area contributed by atoms with Crippen LogP contribution >= 0.6 is 11.8 Å². The van der Waals surface area contributed by atoms with Crippen molar-refractivity contribution in [1.29, 1.82) is 0 Å². The molecule has 2 aromatic rings. The number of allylic oxidation sites excluding steroid dienone is 2. The summed E-state index contributed by atoms with van der Waals surface area (Å²) in [6.07, 6.45) is 1.43. The van der Waals surface area contributed by atoms with Crippen molar-refractivity contribution in [3.63, 3.8) is 0 Å². The average molecular weight is 500 g/mol. The lowest BCUT2D eigenvalue weighted by Gasteiger charge is -2.20. The smallest absolute Gasteiger partial charge is 0.316 e. The van der Waals surface area contributed by atoms with Crippen LogP contribution in [0.3, 0.4) is 0 Å². The molecule has 0 atom stereocenters. The summed E-state index contributed by atoms with van der Waals surface area (Å²) in [7, 11) is -4.03. The number of carbonyl (C=O) groups is 2. The second-order valence-corrected chi connectivity index (χ2v) is 12.6. The van der Waals surface area contributed by atoms with Crippen LogP contribution in [0.1, 0.15) is 63.0 Å². The summed E-state index contributed by atoms with van der Waals surface area (Å²) < 4.78 is 35.6. The Morgan fingerprint density at radius 2 is 1.53 bits per heavy atom. The number of ether oxygens (including phenoxy) is 1. The number of nitrogens with zero attached hydrogens (tertiary/aromatic N) is 1. The second kappa shape index (κ2) is 9.50. The van der Waals surface area contributed by atoms with Gasteiger partial charge in [0.1, 0.15) is 5.60 Å². The molecule has 0 spiro atoms. The Kier molecular flexibility index (Phi) is 7.24. The van der Waals surface area contributed by atoms with Crippen LogP contribution in [0.4, 0.5) is 0 Å². The Morgan fingerprint density at radius 1 is 0.941 bits per heavy atom. The lowest BCUT2D eigenvalue weighted by Crippen LogP contribution is -2.25. The topological polar surface area (TPSA) is 89.9 Å². The van der Waals surface area contributed by atoms with Gasteiger partial charge in [-0.3, -0.25) is 9.59 Å². The molecule has 0 saturated carbocycles. The summed E-state index contributed by atoms with van der Waals surface area (Å²) >= 11 is 1.01. The van der Waals surface area contributed by atoms with Crippen LogP contribution < -0.4 is 0 Å². The highest BCUT2D eigenvalue weighted by Gasteiger charge is 2.27. The highest BCUT2D eigenvalue weighted by molar-refractivity contribution is 8.04. The quantitative estimate of drug-likeness (QED) is 0.518. The number of thioether (sulfide) groups is 1. The number of rotatable bonds is 5. The molecule has 0 saturated heterocycles. The van der Waals surface area contributed by atoms with Gasteiger partial charge in [-0.15, -0.1) is 11.8 Å². The number of carbonyl (C=O) groups excluding carboxylic acids is 2. The molecule has 0 fully saturated rings. The van der Waals surface area contributed by atoms with Gasteiger partial charge in [0.2, 0.25) is 0 Å². The van der Waals surface area contributed by atoms with Gasteiger partial charge in [-0.25, -0.2) is 0 Å². The minimum atomic E-state index is -4.03. The van der Waals surface area contributed by atoms with Crippen molar-refractivity contribution in [2.24, 2.45) is 4.40 Å². The molecule has 0 amide bonds. The highest BCUT2D eigenvalue weighted by atomic mass is 32.2. The fourth-order valence-electron chi connectivity index (χ4n) is 3.30. The Labute approximate surface area is 205 Å². The van der Waals surface area contributed by atoms with Crippen LogP contribution in [0.5, 0.6) is 0 Å². The van der Waals surface area contributed by atoms with Crippen molar-refractivity contribution in [1.82, 2.24) is 0 Å². The number of Topliss-reactive ketones (excluding diaryl/α,β-unsaturated/α-hetero) is 1. The van der Waals surface area contributed by atoms with E-state index in [2.05, 4.69) is 4.40 Å². The molecule has 1 aliphatic rings. The largest absolute Gasteiger partial charge is 0.459 e. The fraction of sp³-hybridized carbons (Fsp3) is 0.346. The monoisotopic (exact) mass is 499 g/mol. The van der Waals surface area contributed by atoms with Crippen molar-refractivity contribution >= 4 is 39.2 Å². The first-order valence-electron chi connectivity index (χ1n) is 10.8. The van der Waals surface area contributed by atoms with Crippen LogP contribution in [0.2, 0.25) is 0 Å². The summed E-state index contributed by atoms with van der Waals surface area (Å²) in [5.74, 6) is -0.823. The average Bonchev–Trinajstić information content (AvgIpc) is 2.73. The standard InChI is InChI=1S/C26H29NO5S2/c1-25(2,3)17-11-13-18(14-12-17)34(30,31)27-21-15-22(33-16-23(28)32-26(4,5)6)24(29)20-10-8-7-9-19(20)21/h7-15H,16H2,1-6H3. The van der Waals surface area contributed by atoms with Gasteiger partial charge >= 0.3 is 5.97 Å². The van der Waals surface area contributed by atoms with Gasteiger partial charge in [-0.05, 0) is 50.0 Å². The van der Waals surface area contributed by atoms with Crippen LogP contribution in [-0.2, 0) is 25.0 Å². The van der Waals surface area contributed by atoms with Crippen molar-refractivity contribution in [2.45, 2.75) is 57.5 Å². The zero-order valence-electron chi connectivity index (χ0n) is 20.2. The Hall–Kier alpha value is -2.71. The van der Waals surface area contributed by atoms with Crippen molar-refractivity contribution < 1.29 is 22.7 Å². The number of hydrogen-bond acceptors (Lipinski definition) is 6. The number of benzene rings is 2. The molecule has 2 aromatic carbocycles. The number of sulfonamides is 1. The second-order valence-electron chi connectivity index (χ2n) is 9.98. The number of esters is 1. The maximum Gasteiger partial charge on any atom is 0.316 e. The predicted molar refractivity (Wildman–Crippen MR) is 136 cm³/mol. The van der Waals surface area contributed by atoms with Crippen molar-refractivity contribution in [2.75, 3.05) is 5.75 Å². The Balaban J connectivity index is 1.97. The van der Waals surface area contributed by atoms with Crippen LogP contribution in [0.25, 0.3) is 0 Å². The third-order valence-electron chi connectivity index (χ3n) is 4.94. The Morgan fingerprint density at radius 3 is 2.09 bits per heavy atom. The van der Waals surface area contributed by atoms with Gasteiger partial charge in [0.15, 0.2) is 5.78 Å². The molecule has 34 heavy (non-hydrogen) atoms. The van der Waals surface area contributed by atoms with Gasteiger partial charge < -0.3 is 4.74 Å². The van der Waals surface area contributed by atoms with E-state index in [1.165, 1.54) is 6.08 Å². The fourth-order valence-corrected chi connectivity index (χ4v) is 5.07. The lowest BCUT2D eigenvalue weighted by atomic mass is 9.87. The molecular weight excluding hydrogens is 470 g/mol. The maximum absolute atomic E-state index is 13.1. The highest BCUT2D eigenvalue weighted by Crippen LogP contribution is 2.30. The van der Waals surface area contributed by atoms with Crippen LogP contribution in [0.15, 0.2) is 68.8 Å². The van der Waals surface area contributed by atoms with Gasteiger partial charge in [0.25, 0.3) is 10.0 Å². The molecule has 0 radical (unpaired) electrons. The molecular formula is C26H29NO5S2. The molecule has 0 aromatic heterocycles. The third-order valence-corrected chi connectivity index (χ3v) is 7.24. The van der Waals surface area contributed by atoms with E-state index in [0.717, 1.165) is 17.3 Å². The Bertz CT molecular complexity index is 1280. The van der Waals surface area contributed by atoms with Gasteiger partial charge in [0.05, 0.1) is 21.3 Å². The molecule has 0 heterocycles. The molecule has 0 N–H and O–H groups in total. The van der Waals surface area contributed by atoms with Gasteiger partial charge in [-0.1, -0.05) is 57.2 Å². The molecule has 8 heteroatoms. The maximum atomic E-state index is 13.1. The molecule has 3 rings (SSSR count). The normalized spacial score (nSPS) is 15.6. The molecule has 180 valence electrons. The van der Waals surface area contributed by atoms with E-state index in [0.29, 0.717) is 11.1 Å². The summed E-state index contributed by atoms with van der Waals surface area (Å²) in [6.45, 7) is 11.4. The van der Waals surface area contributed by atoms with Crippen LogP contribution in [-0.4, -0.2) is 37.2 Å². The first-order valence-corrected chi connectivity index (χ1v) is 13.3. The summed E-state index contributed by atoms with van der Waals surface area (Å²) in [5, 5.41) is 0. The molecule has 6 nitrogen and oxygen atoms in total. The zero-order chi connectivity index (χ0) is 25.3. The first kappa shape index (κ1) is 25.9. The van der Waals surface area contributed by atoms with E-state index in [1.807, 2.05) is 20.8 Å². The first-order chi connectivity index (χ1) is 15.7. The number of fused-ring (bicyclic) bond motifs is 1. The summed E-state index contributed by atoms with van der Waals surface area (Å²) in [4.78, 5) is 25.4. The number of hydrogen-bond donors (Lipinski definition) is 0. The van der Waals surface area contributed by atoms with E-state index in [4.69, 9.17) is 4.74 Å². The molecule has 0 bridgehead atoms. The minimum Gasteiger partial charge on any atom is -0.459 e. The lowest BCUT2D eigenvalue weighted by molar-refractivity contribution is -0.151. The molecule has 0 unspecified atom stereocenters. The van der Waals surface area contributed by atoms with Gasteiger partial charge in [-0.2, -0.15) is 12.8 Å². The minimum absolute atomic E-state index is 0.0683. The molecule has 1 aliphatic carbocycles. The molecule has 0 aliphatic heterocycles. The van der Waals surface area contributed by atoms with E-state index >= 15 is 0 Å². The SMILES string of the molecule is CC(C)(C)OC(=O)CSC1=CC(=NS(=O)(=O)c2ccc(C(C)(C)C)cc2)c2ccccc2C1=O. The summed E-state index contributed by atoms with van der Waals surface area (Å²) in [5.41, 5.74) is 1.19. The van der Waals surface area contributed by atoms with Gasteiger partial charge in [0, 0.05) is 11.1 Å².